The molecule has 9 heteroatoms. The Morgan fingerprint density at radius 1 is 1.33 bits per heavy atom. The highest BCUT2D eigenvalue weighted by atomic mass is 32.2. The molecule has 1 aliphatic heterocycles. The molecule has 1 heterocycles. The first-order valence-electron chi connectivity index (χ1n) is 7.51. The van der Waals surface area contributed by atoms with Gasteiger partial charge in [0.05, 0.1) is 18.6 Å². The number of anilines is 1. The van der Waals surface area contributed by atoms with Gasteiger partial charge in [0.2, 0.25) is 5.91 Å². The predicted octanol–water partition coefficient (Wildman–Crippen LogP) is 0.508. The number of urea groups is 1. The maximum Gasteiger partial charge on any atom is 0.315 e. The second-order valence-corrected chi connectivity index (χ2v) is 7.89. The number of carbonyl (C=O) groups is 2. The Morgan fingerprint density at radius 3 is 2.71 bits per heavy atom. The van der Waals surface area contributed by atoms with E-state index >= 15 is 0 Å². The van der Waals surface area contributed by atoms with Gasteiger partial charge in [0.25, 0.3) is 0 Å². The molecule has 0 aliphatic carbocycles. The lowest BCUT2D eigenvalue weighted by molar-refractivity contribution is -0.117. The third kappa shape index (κ3) is 5.12. The van der Waals surface area contributed by atoms with Crippen molar-refractivity contribution in [2.45, 2.75) is 25.4 Å². The van der Waals surface area contributed by atoms with Crippen LogP contribution in [0, 0.1) is 0 Å². The lowest BCUT2D eigenvalue weighted by Gasteiger charge is -2.17. The number of rotatable bonds is 5. The van der Waals surface area contributed by atoms with Crippen molar-refractivity contribution < 1.29 is 22.7 Å². The van der Waals surface area contributed by atoms with Crippen LogP contribution in [0.2, 0.25) is 0 Å². The molecule has 0 saturated carbocycles. The number of amides is 3. The molecule has 0 bridgehead atoms. The number of benzene rings is 1. The van der Waals surface area contributed by atoms with Gasteiger partial charge in [0.1, 0.15) is 11.8 Å². The summed E-state index contributed by atoms with van der Waals surface area (Å²) < 4.78 is 27.8. The van der Waals surface area contributed by atoms with Crippen molar-refractivity contribution in [1.82, 2.24) is 10.6 Å². The summed E-state index contributed by atoms with van der Waals surface area (Å²) in [4.78, 5) is 24.0. The van der Waals surface area contributed by atoms with E-state index in [2.05, 4.69) is 16.0 Å². The highest BCUT2D eigenvalue weighted by Gasteiger charge is 2.29. The third-order valence-electron chi connectivity index (χ3n) is 3.65. The fourth-order valence-electron chi connectivity index (χ4n) is 2.35. The summed E-state index contributed by atoms with van der Waals surface area (Å²) in [6.45, 7) is 1.54. The van der Waals surface area contributed by atoms with Gasteiger partial charge in [-0.15, -0.1) is 0 Å². The molecule has 1 aromatic carbocycles. The summed E-state index contributed by atoms with van der Waals surface area (Å²) >= 11 is 0. The number of carbonyl (C=O) groups excluding carboxylic acids is 2. The number of hydrogen-bond donors (Lipinski definition) is 3. The minimum atomic E-state index is -3.07. The molecule has 8 nitrogen and oxygen atoms in total. The van der Waals surface area contributed by atoms with Crippen molar-refractivity contribution in [3.05, 3.63) is 24.3 Å². The summed E-state index contributed by atoms with van der Waals surface area (Å²) in [6, 6.07) is 5.09. The normalized spacial score (nSPS) is 20.0. The molecule has 1 aromatic rings. The Hall–Kier alpha value is -2.29. The van der Waals surface area contributed by atoms with E-state index in [9.17, 15) is 18.0 Å². The highest BCUT2D eigenvalue weighted by Crippen LogP contribution is 2.16. The van der Waals surface area contributed by atoms with Crippen LogP contribution >= 0.6 is 0 Å². The van der Waals surface area contributed by atoms with Gasteiger partial charge < -0.3 is 20.7 Å². The monoisotopic (exact) mass is 355 g/mol. The first-order valence-corrected chi connectivity index (χ1v) is 9.33. The second kappa shape index (κ2) is 7.52. The quantitative estimate of drug-likeness (QED) is 0.712. The van der Waals surface area contributed by atoms with Crippen LogP contribution < -0.4 is 20.7 Å². The minimum absolute atomic E-state index is 0.0647. The standard InChI is InChI=1S/C15H21N3O5S/c1-10(14(19)17-11-4-3-5-13(8-11)23-2)16-15(20)18-12-6-7-24(21,22)9-12/h3-5,8,10,12H,6-7,9H2,1-2H3,(H,17,19)(H2,16,18,20)/t10-,12?/m1/s1. The summed E-state index contributed by atoms with van der Waals surface area (Å²) in [6.07, 6.45) is 0.389. The van der Waals surface area contributed by atoms with Crippen molar-refractivity contribution in [2.24, 2.45) is 0 Å². The lowest BCUT2D eigenvalue weighted by atomic mass is 10.2. The molecular weight excluding hydrogens is 334 g/mol. The Balaban J connectivity index is 1.83. The average Bonchev–Trinajstić information content (AvgIpc) is 2.85. The molecule has 3 N–H and O–H groups in total. The number of methoxy groups -OCH3 is 1. The Bertz CT molecular complexity index is 720. The molecular formula is C15H21N3O5S. The fraction of sp³-hybridized carbons (Fsp3) is 0.467. The SMILES string of the molecule is COc1cccc(NC(=O)[C@@H](C)NC(=O)NC2CCS(=O)(=O)C2)c1. The highest BCUT2D eigenvalue weighted by molar-refractivity contribution is 7.91. The zero-order valence-corrected chi connectivity index (χ0v) is 14.4. The van der Waals surface area contributed by atoms with Crippen molar-refractivity contribution in [2.75, 3.05) is 23.9 Å². The second-order valence-electron chi connectivity index (χ2n) is 5.66. The van der Waals surface area contributed by atoms with Gasteiger partial charge in [-0.3, -0.25) is 4.79 Å². The van der Waals surface area contributed by atoms with Gasteiger partial charge in [0.15, 0.2) is 9.84 Å². The van der Waals surface area contributed by atoms with Crippen molar-refractivity contribution in [1.29, 1.82) is 0 Å². The Kier molecular flexibility index (Phi) is 5.66. The smallest absolute Gasteiger partial charge is 0.315 e. The van der Waals surface area contributed by atoms with Crippen LogP contribution in [0.3, 0.4) is 0 Å². The molecule has 1 fully saturated rings. The van der Waals surface area contributed by atoms with Crippen LogP contribution in [-0.4, -0.2) is 51.1 Å². The molecule has 2 atom stereocenters. The fourth-order valence-corrected chi connectivity index (χ4v) is 4.02. The average molecular weight is 355 g/mol. The van der Waals surface area contributed by atoms with Gasteiger partial charge in [-0.05, 0) is 25.5 Å². The minimum Gasteiger partial charge on any atom is -0.497 e. The van der Waals surface area contributed by atoms with E-state index in [0.29, 0.717) is 17.9 Å². The molecule has 1 saturated heterocycles. The van der Waals surface area contributed by atoms with E-state index in [1.165, 1.54) is 7.11 Å². The number of nitrogens with one attached hydrogen (secondary N) is 3. The first-order chi connectivity index (χ1) is 11.3. The van der Waals surface area contributed by atoms with Crippen molar-refractivity contribution in [3.8, 4) is 5.75 Å². The number of sulfone groups is 1. The topological polar surface area (TPSA) is 114 Å². The number of hydrogen-bond acceptors (Lipinski definition) is 5. The van der Waals surface area contributed by atoms with Crippen LogP contribution in [0.25, 0.3) is 0 Å². The Labute approximate surface area is 140 Å². The van der Waals surface area contributed by atoms with Gasteiger partial charge >= 0.3 is 6.03 Å². The summed E-state index contributed by atoms with van der Waals surface area (Å²) in [5.74, 6) is 0.222. The van der Waals surface area contributed by atoms with Crippen molar-refractivity contribution in [3.63, 3.8) is 0 Å². The van der Waals surface area contributed by atoms with E-state index in [-0.39, 0.29) is 11.5 Å². The Morgan fingerprint density at radius 2 is 2.08 bits per heavy atom. The predicted molar refractivity (Wildman–Crippen MR) is 89.8 cm³/mol. The van der Waals surface area contributed by atoms with Gasteiger partial charge in [-0.2, -0.15) is 0 Å². The molecule has 2 rings (SSSR count). The van der Waals surface area contributed by atoms with Gasteiger partial charge in [-0.25, -0.2) is 13.2 Å². The molecule has 1 aliphatic rings. The molecule has 1 unspecified atom stereocenters. The first kappa shape index (κ1) is 18.1. The largest absolute Gasteiger partial charge is 0.497 e. The maximum atomic E-state index is 12.1. The molecule has 132 valence electrons. The van der Waals surface area contributed by atoms with Gasteiger partial charge in [0, 0.05) is 17.8 Å². The molecule has 24 heavy (non-hydrogen) atoms. The van der Waals surface area contributed by atoms with Crippen LogP contribution in [-0.2, 0) is 14.6 Å². The lowest BCUT2D eigenvalue weighted by Crippen LogP contribution is -2.49. The van der Waals surface area contributed by atoms with E-state index in [1.54, 1.807) is 31.2 Å². The van der Waals surface area contributed by atoms with E-state index in [1.807, 2.05) is 0 Å². The van der Waals surface area contributed by atoms with E-state index < -0.39 is 33.9 Å². The van der Waals surface area contributed by atoms with Crippen molar-refractivity contribution >= 4 is 27.5 Å². The summed E-state index contributed by atoms with van der Waals surface area (Å²) in [5, 5.41) is 7.74. The maximum absolute atomic E-state index is 12.1. The van der Waals surface area contributed by atoms with Crippen LogP contribution in [0.15, 0.2) is 24.3 Å². The third-order valence-corrected chi connectivity index (χ3v) is 5.41. The van der Waals surface area contributed by atoms with E-state index in [4.69, 9.17) is 4.74 Å². The van der Waals surface area contributed by atoms with Gasteiger partial charge in [-0.1, -0.05) is 6.07 Å². The zero-order chi connectivity index (χ0) is 17.7. The van der Waals surface area contributed by atoms with E-state index in [0.717, 1.165) is 0 Å². The van der Waals surface area contributed by atoms with Crippen LogP contribution in [0.5, 0.6) is 5.75 Å². The molecule has 0 spiro atoms. The molecule has 0 aromatic heterocycles. The van der Waals surface area contributed by atoms with Crippen LogP contribution in [0.1, 0.15) is 13.3 Å². The number of ether oxygens (including phenoxy) is 1. The van der Waals surface area contributed by atoms with Crippen LogP contribution in [0.4, 0.5) is 10.5 Å². The molecule has 3 amide bonds. The summed E-state index contributed by atoms with van der Waals surface area (Å²) in [5.41, 5.74) is 0.551. The summed E-state index contributed by atoms with van der Waals surface area (Å²) in [7, 11) is -1.54. The molecule has 0 radical (unpaired) electrons. The zero-order valence-electron chi connectivity index (χ0n) is 13.5.